The van der Waals surface area contributed by atoms with Gasteiger partial charge in [0, 0.05) is 0 Å². The molecule has 2 aromatic heterocycles. The summed E-state index contributed by atoms with van der Waals surface area (Å²) in [5.41, 5.74) is 2.96. The molecule has 0 amide bonds. The summed E-state index contributed by atoms with van der Waals surface area (Å²) in [5.74, 6) is 0. The summed E-state index contributed by atoms with van der Waals surface area (Å²) in [7, 11) is 0. The van der Waals surface area contributed by atoms with E-state index < -0.39 is 0 Å². The van der Waals surface area contributed by atoms with Crippen LogP contribution in [0.1, 0.15) is 11.1 Å². The van der Waals surface area contributed by atoms with E-state index in [1.807, 2.05) is 0 Å². The van der Waals surface area contributed by atoms with Gasteiger partial charge in [0.2, 0.25) is 0 Å². The molecule has 0 aliphatic rings. The van der Waals surface area contributed by atoms with Crippen molar-refractivity contribution in [3.8, 4) is 0 Å². The van der Waals surface area contributed by atoms with Crippen molar-refractivity contribution in [2.45, 2.75) is 13.8 Å². The van der Waals surface area contributed by atoms with Gasteiger partial charge < -0.3 is 17.0 Å². The summed E-state index contributed by atoms with van der Waals surface area (Å²) in [6.45, 7) is 4.42. The standard InChI is InChI=1S/C8H7Se2.BrH.Mg/c1-5-3-9-8-6(2)4-10-7(5)8;;/h3H,1-2H3;1H;/q-1;;+2/p-1. The third kappa shape index (κ3) is 2.30. The topological polar surface area (TPSA) is 0 Å². The fourth-order valence-corrected chi connectivity index (χ4v) is 6.31. The van der Waals surface area contributed by atoms with E-state index in [1.54, 1.807) is 8.52 Å². The Morgan fingerprint density at radius 1 is 1.25 bits per heavy atom. The average molecular weight is 365 g/mol. The monoisotopic (exact) mass is 366 g/mol. The molecular formula is C8H7BrMgSe2. The average Bonchev–Trinajstić information content (AvgIpc) is 2.41. The molecule has 0 saturated carbocycles. The van der Waals surface area contributed by atoms with Gasteiger partial charge in [-0.3, -0.25) is 0 Å². The molecule has 2 aromatic rings. The van der Waals surface area contributed by atoms with Crippen molar-refractivity contribution < 1.29 is 17.0 Å². The van der Waals surface area contributed by atoms with Crippen molar-refractivity contribution in [3.05, 3.63) is 21.0 Å². The zero-order valence-corrected chi connectivity index (χ0v) is 13.4. The molecule has 0 nitrogen and oxygen atoms in total. The molecule has 2 heterocycles. The van der Waals surface area contributed by atoms with Crippen molar-refractivity contribution in [1.29, 1.82) is 0 Å². The second kappa shape index (κ2) is 5.40. The number of rotatable bonds is 0. The van der Waals surface area contributed by atoms with Crippen molar-refractivity contribution >= 4 is 60.6 Å². The zero-order valence-electron chi connectivity index (χ0n) is 6.98. The van der Waals surface area contributed by atoms with Crippen LogP contribution in [-0.2, 0) is 0 Å². The molecule has 0 aliphatic carbocycles. The summed E-state index contributed by atoms with van der Waals surface area (Å²) in [5, 5.41) is 0. The number of halogens is 1. The molecule has 0 bridgehead atoms. The molecule has 0 unspecified atom stereocenters. The van der Waals surface area contributed by atoms with Crippen LogP contribution in [0.4, 0.5) is 0 Å². The van der Waals surface area contributed by atoms with E-state index in [9.17, 15) is 0 Å². The molecule has 0 fully saturated rings. The van der Waals surface area contributed by atoms with E-state index in [-0.39, 0.29) is 40.0 Å². The number of hydrogen-bond donors (Lipinski definition) is 0. The van der Waals surface area contributed by atoms with Gasteiger partial charge in [0.05, 0.1) is 0 Å². The third-order valence-electron chi connectivity index (χ3n) is 1.56. The molecule has 0 spiro atoms. The molecule has 0 aliphatic heterocycles. The number of fused-ring (bicyclic) bond motifs is 1. The van der Waals surface area contributed by atoms with E-state index in [0.29, 0.717) is 29.0 Å². The normalized spacial score (nSPS) is 9.17. The molecule has 0 radical (unpaired) electrons. The quantitative estimate of drug-likeness (QED) is 0.374. The van der Waals surface area contributed by atoms with Crippen LogP contribution >= 0.6 is 0 Å². The van der Waals surface area contributed by atoms with Gasteiger partial charge in [-0.2, -0.15) is 0 Å². The summed E-state index contributed by atoms with van der Waals surface area (Å²) in [4.78, 5) is 5.82. The Kier molecular flexibility index (Phi) is 6.08. The number of aryl methyl sites for hydroxylation is 2. The van der Waals surface area contributed by atoms with Gasteiger partial charge in [-0.15, -0.1) is 0 Å². The van der Waals surface area contributed by atoms with Crippen LogP contribution in [-0.4, -0.2) is 52.1 Å². The van der Waals surface area contributed by atoms with Crippen molar-refractivity contribution in [2.75, 3.05) is 0 Å². The fraction of sp³-hybridized carbons (Fsp3) is 0.250. The van der Waals surface area contributed by atoms with Gasteiger partial charge in [-0.25, -0.2) is 0 Å². The Balaban J connectivity index is 0.000000605. The van der Waals surface area contributed by atoms with Gasteiger partial charge in [0.15, 0.2) is 0 Å². The molecule has 60 valence electrons. The molecule has 0 atom stereocenters. The van der Waals surface area contributed by atoms with Crippen molar-refractivity contribution in [1.82, 2.24) is 0 Å². The molecule has 4 heteroatoms. The molecule has 12 heavy (non-hydrogen) atoms. The Labute approximate surface area is 111 Å². The molecule has 0 aromatic carbocycles. The van der Waals surface area contributed by atoms with Gasteiger partial charge in [-0.1, -0.05) is 0 Å². The first-order valence-corrected chi connectivity index (χ1v) is 6.70. The summed E-state index contributed by atoms with van der Waals surface area (Å²) in [6, 6.07) is 0. The van der Waals surface area contributed by atoms with Gasteiger partial charge in [0.25, 0.3) is 0 Å². The van der Waals surface area contributed by atoms with Crippen LogP contribution < -0.4 is 17.0 Å². The minimum atomic E-state index is 0. The van der Waals surface area contributed by atoms with E-state index in [0.717, 1.165) is 0 Å². The van der Waals surface area contributed by atoms with E-state index in [4.69, 9.17) is 0 Å². The van der Waals surface area contributed by atoms with E-state index in [1.165, 1.54) is 11.1 Å². The van der Waals surface area contributed by atoms with Crippen molar-refractivity contribution in [2.24, 2.45) is 0 Å². The molecule has 2 rings (SSSR count). The van der Waals surface area contributed by atoms with Gasteiger partial charge in [-0.05, 0) is 0 Å². The predicted molar refractivity (Wildman–Crippen MR) is 51.9 cm³/mol. The minimum Gasteiger partial charge on any atom is -1.00 e. The number of hydrogen-bond acceptors (Lipinski definition) is 0. The van der Waals surface area contributed by atoms with Crippen LogP contribution in [0.2, 0.25) is 0 Å². The van der Waals surface area contributed by atoms with Crippen LogP contribution in [0.5, 0.6) is 0 Å². The molecule has 0 N–H and O–H groups in total. The Morgan fingerprint density at radius 2 is 1.92 bits per heavy atom. The maximum Gasteiger partial charge on any atom is 2.00 e. The van der Waals surface area contributed by atoms with Crippen LogP contribution in [0.25, 0.3) is 8.52 Å². The smallest absolute Gasteiger partial charge is 1.00 e. The second-order valence-corrected chi connectivity index (χ2v) is 5.96. The summed E-state index contributed by atoms with van der Waals surface area (Å²) < 4.78 is 3.26. The van der Waals surface area contributed by atoms with Crippen LogP contribution in [0.3, 0.4) is 0 Å². The van der Waals surface area contributed by atoms with Crippen LogP contribution in [0, 0.1) is 18.8 Å². The minimum absolute atomic E-state index is 0. The maximum atomic E-state index is 3.43. The van der Waals surface area contributed by atoms with Crippen molar-refractivity contribution in [3.63, 3.8) is 0 Å². The predicted octanol–water partition coefficient (Wildman–Crippen LogP) is -2.01. The Bertz CT molecular complexity index is 328. The Morgan fingerprint density at radius 3 is 2.50 bits per heavy atom. The molecular weight excluding hydrogens is 358 g/mol. The van der Waals surface area contributed by atoms with E-state index in [2.05, 4.69) is 23.7 Å². The van der Waals surface area contributed by atoms with Gasteiger partial charge >= 0.3 is 95.4 Å². The maximum absolute atomic E-state index is 3.43. The third-order valence-corrected chi connectivity index (χ3v) is 7.16. The summed E-state index contributed by atoms with van der Waals surface area (Å²) >= 11 is 1.20. The first kappa shape index (κ1) is 13.5. The van der Waals surface area contributed by atoms with Gasteiger partial charge in [0.1, 0.15) is 0 Å². The Hall–Kier alpha value is 1.51. The molecule has 0 saturated heterocycles. The first-order chi connectivity index (χ1) is 4.79. The van der Waals surface area contributed by atoms with E-state index >= 15 is 0 Å². The zero-order chi connectivity index (χ0) is 7.14. The fourth-order valence-electron chi connectivity index (χ4n) is 0.993. The summed E-state index contributed by atoms with van der Waals surface area (Å²) in [6.07, 6.45) is 0. The SMILES string of the molecule is Cc1[c-][se]c2c(C)c[se]c12.[Br-].[Mg+2]. The second-order valence-electron chi connectivity index (χ2n) is 2.41. The largest absolute Gasteiger partial charge is 2.00 e. The first-order valence-electron chi connectivity index (χ1n) is 3.14. The van der Waals surface area contributed by atoms with Crippen LogP contribution in [0.15, 0.2) is 4.94 Å².